The van der Waals surface area contributed by atoms with Crippen LogP contribution in [0.25, 0.3) is 0 Å². The standard InChI is InChI=1S/C23H30N4O/c1-3-18-9-4-5-10-19(18)15-26-23(24-2)25-14-8-13-22(28)27-16-20-11-6-7-12-21(20)17-27/h4-7,9-12H,3,8,13-17H2,1-2H3,(H2,24,25,26). The molecule has 148 valence electrons. The van der Waals surface area contributed by atoms with Gasteiger partial charge in [0.15, 0.2) is 5.96 Å². The van der Waals surface area contributed by atoms with E-state index in [0.717, 1.165) is 45.0 Å². The highest BCUT2D eigenvalue weighted by Gasteiger charge is 2.22. The van der Waals surface area contributed by atoms with Gasteiger partial charge in [-0.1, -0.05) is 55.5 Å². The SMILES string of the molecule is CCc1ccccc1CNC(=NC)NCCCC(=O)N1Cc2ccccc2C1. The van der Waals surface area contributed by atoms with Gasteiger partial charge >= 0.3 is 0 Å². The fraction of sp³-hybridized carbons (Fsp3) is 0.391. The average Bonchev–Trinajstić information content (AvgIpc) is 3.17. The van der Waals surface area contributed by atoms with E-state index in [4.69, 9.17) is 0 Å². The van der Waals surface area contributed by atoms with Gasteiger partial charge in [0.05, 0.1) is 0 Å². The van der Waals surface area contributed by atoms with Gasteiger partial charge in [0, 0.05) is 39.6 Å². The molecule has 0 bridgehead atoms. The number of guanidine groups is 1. The van der Waals surface area contributed by atoms with E-state index in [-0.39, 0.29) is 5.91 Å². The lowest BCUT2D eigenvalue weighted by molar-refractivity contribution is -0.131. The van der Waals surface area contributed by atoms with Gasteiger partial charge in [-0.05, 0) is 35.1 Å². The molecule has 0 saturated heterocycles. The highest BCUT2D eigenvalue weighted by Crippen LogP contribution is 2.22. The van der Waals surface area contributed by atoms with E-state index in [1.54, 1.807) is 7.05 Å². The Balaban J connectivity index is 1.37. The van der Waals surface area contributed by atoms with Crippen molar-refractivity contribution in [1.82, 2.24) is 15.5 Å². The summed E-state index contributed by atoms with van der Waals surface area (Å²) in [6, 6.07) is 16.7. The van der Waals surface area contributed by atoms with Crippen molar-refractivity contribution in [3.8, 4) is 0 Å². The van der Waals surface area contributed by atoms with E-state index < -0.39 is 0 Å². The molecule has 1 heterocycles. The van der Waals surface area contributed by atoms with Crippen LogP contribution in [0.1, 0.15) is 42.0 Å². The molecular formula is C23H30N4O. The molecule has 28 heavy (non-hydrogen) atoms. The average molecular weight is 379 g/mol. The summed E-state index contributed by atoms with van der Waals surface area (Å²) in [4.78, 5) is 18.7. The minimum atomic E-state index is 0.220. The van der Waals surface area contributed by atoms with Crippen molar-refractivity contribution >= 4 is 11.9 Å². The molecule has 1 aliphatic rings. The Morgan fingerprint density at radius 1 is 1.00 bits per heavy atom. The maximum Gasteiger partial charge on any atom is 0.223 e. The zero-order valence-corrected chi connectivity index (χ0v) is 16.9. The van der Waals surface area contributed by atoms with Crippen LogP contribution in [0.5, 0.6) is 0 Å². The Labute approximate surface area is 167 Å². The monoisotopic (exact) mass is 378 g/mol. The minimum Gasteiger partial charge on any atom is -0.356 e. The maximum absolute atomic E-state index is 12.5. The van der Waals surface area contributed by atoms with Crippen molar-refractivity contribution in [3.63, 3.8) is 0 Å². The molecule has 2 aromatic carbocycles. The summed E-state index contributed by atoms with van der Waals surface area (Å²) >= 11 is 0. The first kappa shape index (κ1) is 19.9. The van der Waals surface area contributed by atoms with E-state index in [9.17, 15) is 4.79 Å². The molecule has 0 fully saturated rings. The van der Waals surface area contributed by atoms with Gasteiger partial charge in [-0.15, -0.1) is 0 Å². The lowest BCUT2D eigenvalue weighted by Crippen LogP contribution is -2.37. The van der Waals surface area contributed by atoms with Crippen LogP contribution < -0.4 is 10.6 Å². The van der Waals surface area contributed by atoms with Gasteiger partial charge in [-0.3, -0.25) is 9.79 Å². The second-order valence-corrected chi connectivity index (χ2v) is 7.10. The quantitative estimate of drug-likeness (QED) is 0.442. The molecule has 0 aliphatic carbocycles. The summed E-state index contributed by atoms with van der Waals surface area (Å²) in [5, 5.41) is 6.67. The number of amides is 1. The first-order valence-electron chi connectivity index (χ1n) is 10.1. The van der Waals surface area contributed by atoms with E-state index in [1.807, 2.05) is 17.0 Å². The van der Waals surface area contributed by atoms with Crippen LogP contribution in [-0.2, 0) is 30.8 Å². The van der Waals surface area contributed by atoms with Gasteiger partial charge in [0.1, 0.15) is 0 Å². The number of carbonyl (C=O) groups excluding carboxylic acids is 1. The topological polar surface area (TPSA) is 56.7 Å². The van der Waals surface area contributed by atoms with E-state index in [0.29, 0.717) is 6.42 Å². The number of hydrogen-bond donors (Lipinski definition) is 2. The summed E-state index contributed by atoms with van der Waals surface area (Å²) in [5.41, 5.74) is 5.18. The molecule has 3 rings (SSSR count). The normalized spacial score (nSPS) is 13.4. The molecule has 0 saturated carbocycles. The number of aliphatic imine (C=N–C) groups is 1. The predicted molar refractivity (Wildman–Crippen MR) is 114 cm³/mol. The summed E-state index contributed by atoms with van der Waals surface area (Å²) in [6.45, 7) is 5.11. The number of carbonyl (C=O) groups is 1. The van der Waals surface area contributed by atoms with E-state index >= 15 is 0 Å². The first-order valence-corrected chi connectivity index (χ1v) is 10.1. The van der Waals surface area contributed by atoms with Crippen LogP contribution in [0, 0.1) is 0 Å². The van der Waals surface area contributed by atoms with Crippen LogP contribution in [0.3, 0.4) is 0 Å². The molecule has 0 spiro atoms. The zero-order chi connectivity index (χ0) is 19.8. The lowest BCUT2D eigenvalue weighted by Gasteiger charge is -2.16. The number of rotatable bonds is 7. The number of fused-ring (bicyclic) bond motifs is 1. The summed E-state index contributed by atoms with van der Waals surface area (Å²) in [6.07, 6.45) is 2.36. The molecule has 1 aliphatic heterocycles. The largest absolute Gasteiger partial charge is 0.356 e. The Morgan fingerprint density at radius 3 is 2.29 bits per heavy atom. The van der Waals surface area contributed by atoms with Crippen LogP contribution in [0.15, 0.2) is 53.5 Å². The number of hydrogen-bond acceptors (Lipinski definition) is 2. The maximum atomic E-state index is 12.5. The van der Waals surface area contributed by atoms with Crippen molar-refractivity contribution in [2.24, 2.45) is 4.99 Å². The Kier molecular flexibility index (Phi) is 7.06. The Hall–Kier alpha value is -2.82. The van der Waals surface area contributed by atoms with Crippen LogP contribution in [-0.4, -0.2) is 30.4 Å². The second-order valence-electron chi connectivity index (χ2n) is 7.10. The van der Waals surface area contributed by atoms with Crippen LogP contribution in [0.4, 0.5) is 0 Å². The fourth-order valence-corrected chi connectivity index (χ4v) is 3.59. The Bertz CT molecular complexity index is 806. The van der Waals surface area contributed by atoms with Gasteiger partial charge in [0.2, 0.25) is 5.91 Å². The smallest absolute Gasteiger partial charge is 0.223 e. The molecule has 0 radical (unpaired) electrons. The highest BCUT2D eigenvalue weighted by atomic mass is 16.2. The minimum absolute atomic E-state index is 0.220. The van der Waals surface area contributed by atoms with E-state index in [2.05, 4.69) is 58.9 Å². The van der Waals surface area contributed by atoms with Crippen molar-refractivity contribution in [2.45, 2.75) is 45.8 Å². The van der Waals surface area contributed by atoms with Gasteiger partial charge in [-0.2, -0.15) is 0 Å². The van der Waals surface area contributed by atoms with Crippen molar-refractivity contribution in [3.05, 3.63) is 70.8 Å². The molecule has 5 nitrogen and oxygen atoms in total. The third kappa shape index (κ3) is 5.12. The molecule has 0 atom stereocenters. The second kappa shape index (κ2) is 9.93. The van der Waals surface area contributed by atoms with Crippen molar-refractivity contribution in [2.75, 3.05) is 13.6 Å². The molecule has 2 aromatic rings. The predicted octanol–water partition coefficient (Wildman–Crippen LogP) is 3.24. The van der Waals surface area contributed by atoms with Crippen LogP contribution >= 0.6 is 0 Å². The highest BCUT2D eigenvalue weighted by molar-refractivity contribution is 5.80. The van der Waals surface area contributed by atoms with Crippen molar-refractivity contribution in [1.29, 1.82) is 0 Å². The van der Waals surface area contributed by atoms with Gasteiger partial charge in [-0.25, -0.2) is 0 Å². The van der Waals surface area contributed by atoms with E-state index in [1.165, 1.54) is 22.3 Å². The number of nitrogens with one attached hydrogen (secondary N) is 2. The fourth-order valence-electron chi connectivity index (χ4n) is 3.59. The number of nitrogens with zero attached hydrogens (tertiary/aromatic N) is 2. The summed E-state index contributed by atoms with van der Waals surface area (Å²) in [5.74, 6) is 0.991. The zero-order valence-electron chi connectivity index (χ0n) is 16.9. The lowest BCUT2D eigenvalue weighted by atomic mass is 10.1. The molecule has 1 amide bonds. The molecule has 2 N–H and O–H groups in total. The summed E-state index contributed by atoms with van der Waals surface area (Å²) in [7, 11) is 1.77. The summed E-state index contributed by atoms with van der Waals surface area (Å²) < 4.78 is 0. The molecule has 0 unspecified atom stereocenters. The van der Waals surface area contributed by atoms with Crippen LogP contribution in [0.2, 0.25) is 0 Å². The molecular weight excluding hydrogens is 348 g/mol. The third-order valence-electron chi connectivity index (χ3n) is 5.22. The van der Waals surface area contributed by atoms with Gasteiger partial charge < -0.3 is 15.5 Å². The molecule has 5 heteroatoms. The van der Waals surface area contributed by atoms with Gasteiger partial charge in [0.25, 0.3) is 0 Å². The van der Waals surface area contributed by atoms with Crippen molar-refractivity contribution < 1.29 is 4.79 Å². The molecule has 0 aromatic heterocycles. The number of aryl methyl sites for hydroxylation is 1. The first-order chi connectivity index (χ1) is 13.7. The number of benzene rings is 2. The third-order valence-corrected chi connectivity index (χ3v) is 5.22. The Morgan fingerprint density at radius 2 is 1.64 bits per heavy atom.